The van der Waals surface area contributed by atoms with Gasteiger partial charge in [-0.3, -0.25) is 4.79 Å². The van der Waals surface area contributed by atoms with E-state index in [1.165, 1.54) is 0 Å². The van der Waals surface area contributed by atoms with E-state index in [9.17, 15) is 9.90 Å². The highest BCUT2D eigenvalue weighted by Gasteiger charge is 2.21. The van der Waals surface area contributed by atoms with Crippen molar-refractivity contribution < 1.29 is 19.4 Å². The molecule has 0 spiro atoms. The summed E-state index contributed by atoms with van der Waals surface area (Å²) in [6.45, 7) is 3.94. The van der Waals surface area contributed by atoms with Crippen LogP contribution in [0.4, 0.5) is 0 Å². The van der Waals surface area contributed by atoms with Crippen molar-refractivity contribution >= 4 is 5.97 Å². The molecule has 0 aliphatic heterocycles. The molecule has 122 valence electrons. The molecule has 23 heavy (non-hydrogen) atoms. The van der Waals surface area contributed by atoms with Gasteiger partial charge >= 0.3 is 5.97 Å². The number of hydrogen-bond donors (Lipinski definition) is 1. The second kappa shape index (κ2) is 7.68. The Hall–Kier alpha value is -2.49. The molecule has 0 fully saturated rings. The van der Waals surface area contributed by atoms with Crippen molar-refractivity contribution in [2.24, 2.45) is 0 Å². The van der Waals surface area contributed by atoms with Crippen LogP contribution in [0.2, 0.25) is 0 Å². The second-order valence-electron chi connectivity index (χ2n) is 5.63. The third kappa shape index (κ3) is 4.49. The Morgan fingerprint density at radius 1 is 1.09 bits per heavy atom. The fraction of sp³-hybridized carbons (Fsp3) is 0.316. The number of carboxylic acids is 1. The van der Waals surface area contributed by atoms with Crippen LogP contribution in [0.25, 0.3) is 0 Å². The lowest BCUT2D eigenvalue weighted by Gasteiger charge is -2.19. The summed E-state index contributed by atoms with van der Waals surface area (Å²) in [6, 6.07) is 15.1. The van der Waals surface area contributed by atoms with Gasteiger partial charge in [0, 0.05) is 11.5 Å². The van der Waals surface area contributed by atoms with Gasteiger partial charge in [-0.15, -0.1) is 0 Å². The molecule has 0 saturated heterocycles. The lowest BCUT2D eigenvalue weighted by atomic mass is 9.88. The Bertz CT molecular complexity index is 647. The van der Waals surface area contributed by atoms with E-state index in [-0.39, 0.29) is 18.4 Å². The van der Waals surface area contributed by atoms with Gasteiger partial charge in [-0.05, 0) is 37.6 Å². The Balaban J connectivity index is 2.37. The van der Waals surface area contributed by atoms with Crippen molar-refractivity contribution in [2.75, 3.05) is 7.11 Å². The van der Waals surface area contributed by atoms with E-state index >= 15 is 0 Å². The van der Waals surface area contributed by atoms with Crippen LogP contribution in [-0.2, 0) is 4.79 Å². The summed E-state index contributed by atoms with van der Waals surface area (Å²) in [5.74, 6) is 0.360. The first-order valence-corrected chi connectivity index (χ1v) is 7.62. The van der Waals surface area contributed by atoms with Crippen LogP contribution in [0.15, 0.2) is 48.5 Å². The predicted octanol–water partition coefficient (Wildman–Crippen LogP) is 4.09. The monoisotopic (exact) mass is 314 g/mol. The Kier molecular flexibility index (Phi) is 5.63. The van der Waals surface area contributed by atoms with Gasteiger partial charge in [-0.2, -0.15) is 0 Å². The molecule has 0 bridgehead atoms. The number of methoxy groups -OCH3 is 1. The van der Waals surface area contributed by atoms with Crippen LogP contribution >= 0.6 is 0 Å². The van der Waals surface area contributed by atoms with Gasteiger partial charge < -0.3 is 14.6 Å². The normalized spacial score (nSPS) is 12.0. The second-order valence-corrected chi connectivity index (χ2v) is 5.63. The molecule has 2 aromatic rings. The minimum atomic E-state index is -0.844. The molecule has 0 aliphatic carbocycles. The van der Waals surface area contributed by atoms with Crippen LogP contribution in [-0.4, -0.2) is 24.3 Å². The summed E-state index contributed by atoms with van der Waals surface area (Å²) in [7, 11) is 1.59. The third-order valence-electron chi connectivity index (χ3n) is 3.55. The van der Waals surface area contributed by atoms with Crippen LogP contribution in [0, 0.1) is 0 Å². The highest BCUT2D eigenvalue weighted by Crippen LogP contribution is 2.35. The summed E-state index contributed by atoms with van der Waals surface area (Å²) in [6.07, 6.45) is 0.106. The van der Waals surface area contributed by atoms with Crippen LogP contribution < -0.4 is 9.47 Å². The predicted molar refractivity (Wildman–Crippen MR) is 89.3 cm³/mol. The van der Waals surface area contributed by atoms with Gasteiger partial charge in [0.1, 0.15) is 11.5 Å². The molecule has 0 saturated carbocycles. The number of hydrogen-bond acceptors (Lipinski definition) is 3. The molecule has 1 atom stereocenters. The van der Waals surface area contributed by atoms with Gasteiger partial charge in [0.15, 0.2) is 0 Å². The first-order chi connectivity index (χ1) is 11.0. The first kappa shape index (κ1) is 16.9. The molecule has 0 aromatic heterocycles. The fourth-order valence-electron chi connectivity index (χ4n) is 2.59. The number of aliphatic carboxylic acids is 1. The topological polar surface area (TPSA) is 55.8 Å². The van der Waals surface area contributed by atoms with Crippen LogP contribution in [0.3, 0.4) is 0 Å². The van der Waals surface area contributed by atoms with Crippen molar-refractivity contribution in [3.8, 4) is 11.5 Å². The number of ether oxygens (including phenoxy) is 2. The van der Waals surface area contributed by atoms with Crippen molar-refractivity contribution in [3.05, 3.63) is 59.7 Å². The van der Waals surface area contributed by atoms with Crippen molar-refractivity contribution in [1.82, 2.24) is 0 Å². The van der Waals surface area contributed by atoms with E-state index in [0.717, 1.165) is 16.9 Å². The maximum atomic E-state index is 11.3. The first-order valence-electron chi connectivity index (χ1n) is 7.62. The van der Waals surface area contributed by atoms with Gasteiger partial charge in [-0.1, -0.05) is 30.3 Å². The minimum absolute atomic E-state index is 0.00472. The highest BCUT2D eigenvalue weighted by molar-refractivity contribution is 5.69. The average Bonchev–Trinajstić information content (AvgIpc) is 2.53. The number of carboxylic acid groups (broad SMARTS) is 1. The van der Waals surface area contributed by atoms with Gasteiger partial charge in [0.2, 0.25) is 0 Å². The molecule has 0 radical (unpaired) electrons. The third-order valence-corrected chi connectivity index (χ3v) is 3.55. The Morgan fingerprint density at radius 3 is 2.30 bits per heavy atom. The summed E-state index contributed by atoms with van der Waals surface area (Å²) in [5.41, 5.74) is 1.79. The number of rotatable bonds is 7. The molecular formula is C19H22O4. The van der Waals surface area contributed by atoms with Crippen molar-refractivity contribution in [2.45, 2.75) is 32.3 Å². The van der Waals surface area contributed by atoms with E-state index in [1.807, 2.05) is 62.4 Å². The lowest BCUT2D eigenvalue weighted by Crippen LogP contribution is -2.10. The lowest BCUT2D eigenvalue weighted by molar-refractivity contribution is -0.137. The molecule has 0 unspecified atom stereocenters. The van der Waals surface area contributed by atoms with Crippen molar-refractivity contribution in [3.63, 3.8) is 0 Å². The SMILES string of the molecule is COc1ccccc1[C@@H](CC(=O)O)c1ccc(OC(C)C)cc1. The molecule has 1 N–H and O–H groups in total. The Labute approximate surface area is 136 Å². The average molecular weight is 314 g/mol. The summed E-state index contributed by atoms with van der Waals surface area (Å²) in [4.78, 5) is 11.3. The fourth-order valence-corrected chi connectivity index (χ4v) is 2.59. The van der Waals surface area contributed by atoms with Gasteiger partial charge in [-0.25, -0.2) is 0 Å². The molecule has 0 aliphatic rings. The molecule has 0 amide bonds. The van der Waals surface area contributed by atoms with Crippen molar-refractivity contribution in [1.29, 1.82) is 0 Å². The van der Waals surface area contributed by atoms with E-state index in [0.29, 0.717) is 5.75 Å². The summed E-state index contributed by atoms with van der Waals surface area (Å²) >= 11 is 0. The van der Waals surface area contributed by atoms with E-state index in [1.54, 1.807) is 7.11 Å². The largest absolute Gasteiger partial charge is 0.496 e. The zero-order valence-electron chi connectivity index (χ0n) is 13.7. The minimum Gasteiger partial charge on any atom is -0.496 e. The van der Waals surface area contributed by atoms with Crippen LogP contribution in [0.5, 0.6) is 11.5 Å². The van der Waals surface area contributed by atoms with E-state index in [4.69, 9.17) is 9.47 Å². The molecule has 2 aromatic carbocycles. The van der Waals surface area contributed by atoms with E-state index in [2.05, 4.69) is 0 Å². The van der Waals surface area contributed by atoms with Gasteiger partial charge in [0.05, 0.1) is 19.6 Å². The number of benzene rings is 2. The molecule has 4 heteroatoms. The maximum Gasteiger partial charge on any atom is 0.304 e. The molecule has 4 nitrogen and oxygen atoms in total. The molecule has 2 rings (SSSR count). The number of para-hydroxylation sites is 1. The maximum absolute atomic E-state index is 11.3. The summed E-state index contributed by atoms with van der Waals surface area (Å²) in [5, 5.41) is 9.28. The number of carbonyl (C=O) groups is 1. The highest BCUT2D eigenvalue weighted by atomic mass is 16.5. The van der Waals surface area contributed by atoms with Crippen LogP contribution in [0.1, 0.15) is 37.3 Å². The molecular weight excluding hydrogens is 292 g/mol. The van der Waals surface area contributed by atoms with Gasteiger partial charge in [0.25, 0.3) is 0 Å². The standard InChI is InChI=1S/C19H22O4/c1-13(2)23-15-10-8-14(9-11-15)17(12-19(20)21)16-6-4-5-7-18(16)22-3/h4-11,13,17H,12H2,1-3H3,(H,20,21)/t17-/m0/s1. The zero-order valence-corrected chi connectivity index (χ0v) is 13.7. The molecule has 0 heterocycles. The van der Waals surface area contributed by atoms with E-state index < -0.39 is 5.97 Å². The Morgan fingerprint density at radius 2 is 1.74 bits per heavy atom. The zero-order chi connectivity index (χ0) is 16.8. The quantitative estimate of drug-likeness (QED) is 0.836. The summed E-state index contributed by atoms with van der Waals surface area (Å²) < 4.78 is 11.0. The smallest absolute Gasteiger partial charge is 0.304 e.